The molecule has 0 spiro atoms. The van der Waals surface area contributed by atoms with Crippen molar-refractivity contribution in [1.82, 2.24) is 5.32 Å². The van der Waals surface area contributed by atoms with Crippen LogP contribution in [0.4, 0.5) is 0 Å². The van der Waals surface area contributed by atoms with Crippen molar-refractivity contribution in [3.05, 3.63) is 12.2 Å². The molecule has 0 aromatic carbocycles. The van der Waals surface area contributed by atoms with Crippen LogP contribution in [0.3, 0.4) is 0 Å². The van der Waals surface area contributed by atoms with Crippen LogP contribution in [-0.4, -0.2) is 24.7 Å². The molecule has 14 heavy (non-hydrogen) atoms. The molecule has 0 saturated carbocycles. The molecule has 1 aliphatic rings. The van der Waals surface area contributed by atoms with Crippen molar-refractivity contribution in [2.75, 3.05) is 7.05 Å². The van der Waals surface area contributed by atoms with Crippen LogP contribution in [0.15, 0.2) is 17.1 Å². The first-order valence-corrected chi connectivity index (χ1v) is 5.19. The quantitative estimate of drug-likeness (QED) is 0.680. The molecule has 0 saturated heterocycles. The number of nitrogens with zero attached hydrogens (tertiary/aromatic N) is 1. The molecule has 1 N–H and O–H groups in total. The molecule has 2 unspecified atom stereocenters. The molecule has 3 nitrogen and oxygen atoms in total. The Hall–Kier alpha value is -1.12. The number of hydrogen-bond donors (Lipinski definition) is 1. The number of aliphatic imine (C=N–C) groups is 1. The van der Waals surface area contributed by atoms with Crippen LogP contribution in [0.5, 0.6) is 0 Å². The van der Waals surface area contributed by atoms with E-state index in [0.717, 1.165) is 18.6 Å². The SMILES string of the molecule is CCC1=NC(C(=O)NC)C=CC1CC. The molecule has 2 atom stereocenters. The Balaban J connectivity index is 2.77. The lowest BCUT2D eigenvalue weighted by atomic mass is 9.94. The van der Waals surface area contributed by atoms with Crippen LogP contribution < -0.4 is 5.32 Å². The smallest absolute Gasteiger partial charge is 0.248 e. The lowest BCUT2D eigenvalue weighted by molar-refractivity contribution is -0.120. The van der Waals surface area contributed by atoms with Gasteiger partial charge >= 0.3 is 0 Å². The molecular weight excluding hydrogens is 176 g/mol. The number of carbonyl (C=O) groups is 1. The maximum absolute atomic E-state index is 11.4. The minimum Gasteiger partial charge on any atom is -0.357 e. The Kier molecular flexibility index (Phi) is 3.86. The van der Waals surface area contributed by atoms with Crippen LogP contribution in [-0.2, 0) is 4.79 Å². The molecule has 0 radical (unpaired) electrons. The van der Waals surface area contributed by atoms with E-state index >= 15 is 0 Å². The van der Waals surface area contributed by atoms with Gasteiger partial charge in [0.1, 0.15) is 6.04 Å². The molecule has 78 valence electrons. The Labute approximate surface area is 85.3 Å². The molecule has 0 bridgehead atoms. The van der Waals surface area contributed by atoms with Crippen LogP contribution in [0.2, 0.25) is 0 Å². The van der Waals surface area contributed by atoms with Crippen molar-refractivity contribution < 1.29 is 4.79 Å². The summed E-state index contributed by atoms with van der Waals surface area (Å²) >= 11 is 0. The minimum absolute atomic E-state index is 0.0262. The van der Waals surface area contributed by atoms with Gasteiger partial charge in [-0.1, -0.05) is 26.0 Å². The van der Waals surface area contributed by atoms with Gasteiger partial charge in [0, 0.05) is 18.7 Å². The van der Waals surface area contributed by atoms with Gasteiger partial charge < -0.3 is 5.32 Å². The first-order valence-electron chi connectivity index (χ1n) is 5.19. The predicted octanol–water partition coefficient (Wildman–Crippen LogP) is 1.55. The first-order chi connectivity index (χ1) is 6.72. The van der Waals surface area contributed by atoms with Crippen molar-refractivity contribution in [3.8, 4) is 0 Å². The maximum atomic E-state index is 11.4. The second kappa shape index (κ2) is 4.94. The largest absolute Gasteiger partial charge is 0.357 e. The third kappa shape index (κ3) is 2.22. The topological polar surface area (TPSA) is 41.5 Å². The molecule has 1 rings (SSSR count). The summed E-state index contributed by atoms with van der Waals surface area (Å²) in [5.74, 6) is 0.405. The number of rotatable bonds is 3. The zero-order valence-corrected chi connectivity index (χ0v) is 9.08. The lowest BCUT2D eigenvalue weighted by Gasteiger charge is -2.20. The van der Waals surface area contributed by atoms with E-state index in [9.17, 15) is 4.79 Å². The average molecular weight is 194 g/mol. The molecule has 0 aromatic heterocycles. The predicted molar refractivity (Wildman–Crippen MR) is 58.5 cm³/mol. The summed E-state index contributed by atoms with van der Waals surface area (Å²) in [6.07, 6.45) is 5.98. The van der Waals surface area contributed by atoms with Crippen LogP contribution in [0.25, 0.3) is 0 Å². The van der Waals surface area contributed by atoms with Crippen LogP contribution in [0, 0.1) is 5.92 Å². The second-order valence-corrected chi connectivity index (χ2v) is 3.43. The van der Waals surface area contributed by atoms with Gasteiger partial charge in [-0.05, 0) is 12.8 Å². The van der Waals surface area contributed by atoms with E-state index in [2.05, 4.69) is 30.2 Å². The van der Waals surface area contributed by atoms with Gasteiger partial charge in [-0.2, -0.15) is 0 Å². The molecule has 1 aliphatic heterocycles. The van der Waals surface area contributed by atoms with Crippen molar-refractivity contribution in [3.63, 3.8) is 0 Å². The zero-order valence-electron chi connectivity index (χ0n) is 9.08. The fraction of sp³-hybridized carbons (Fsp3) is 0.636. The third-order valence-corrected chi connectivity index (χ3v) is 2.58. The van der Waals surface area contributed by atoms with Gasteiger partial charge in [0.2, 0.25) is 5.91 Å². The van der Waals surface area contributed by atoms with E-state index in [1.165, 1.54) is 0 Å². The van der Waals surface area contributed by atoms with Gasteiger partial charge in [-0.25, -0.2) is 0 Å². The molecule has 1 heterocycles. The minimum atomic E-state index is -0.308. The molecular formula is C11H18N2O. The van der Waals surface area contributed by atoms with E-state index in [4.69, 9.17) is 0 Å². The van der Waals surface area contributed by atoms with E-state index < -0.39 is 0 Å². The fourth-order valence-corrected chi connectivity index (χ4v) is 1.69. The monoisotopic (exact) mass is 194 g/mol. The van der Waals surface area contributed by atoms with Crippen molar-refractivity contribution in [1.29, 1.82) is 0 Å². The zero-order chi connectivity index (χ0) is 10.6. The number of hydrogen-bond acceptors (Lipinski definition) is 2. The van der Waals surface area contributed by atoms with Gasteiger partial charge in [0.15, 0.2) is 0 Å². The Bertz CT molecular complexity index is 268. The van der Waals surface area contributed by atoms with Crippen molar-refractivity contribution in [2.24, 2.45) is 10.9 Å². The normalized spacial score (nSPS) is 25.8. The molecule has 3 heteroatoms. The number of carbonyl (C=O) groups excluding carboxylic acids is 1. The lowest BCUT2D eigenvalue weighted by Crippen LogP contribution is -2.32. The molecule has 0 fully saturated rings. The third-order valence-electron chi connectivity index (χ3n) is 2.58. The maximum Gasteiger partial charge on any atom is 0.248 e. The van der Waals surface area contributed by atoms with Crippen LogP contribution >= 0.6 is 0 Å². The van der Waals surface area contributed by atoms with Gasteiger partial charge in [0.25, 0.3) is 0 Å². The number of dihydropyridines is 1. The summed E-state index contributed by atoms with van der Waals surface area (Å²) in [4.78, 5) is 15.8. The van der Waals surface area contributed by atoms with Crippen molar-refractivity contribution >= 4 is 11.6 Å². The Morgan fingerprint density at radius 3 is 2.71 bits per heavy atom. The Morgan fingerprint density at radius 1 is 1.50 bits per heavy atom. The summed E-state index contributed by atoms with van der Waals surface area (Å²) in [6.45, 7) is 4.22. The van der Waals surface area contributed by atoms with E-state index in [-0.39, 0.29) is 11.9 Å². The number of amides is 1. The molecule has 0 aliphatic carbocycles. The summed E-state index contributed by atoms with van der Waals surface area (Å²) in [6, 6.07) is -0.308. The fourth-order valence-electron chi connectivity index (χ4n) is 1.69. The summed E-state index contributed by atoms with van der Waals surface area (Å²) in [5.41, 5.74) is 1.14. The van der Waals surface area contributed by atoms with Gasteiger partial charge in [0.05, 0.1) is 0 Å². The van der Waals surface area contributed by atoms with Gasteiger partial charge in [-0.3, -0.25) is 9.79 Å². The molecule has 1 amide bonds. The highest BCUT2D eigenvalue weighted by molar-refractivity contribution is 5.94. The van der Waals surface area contributed by atoms with E-state index in [1.54, 1.807) is 7.05 Å². The highest BCUT2D eigenvalue weighted by atomic mass is 16.2. The summed E-state index contributed by atoms with van der Waals surface area (Å²) in [7, 11) is 1.64. The number of nitrogens with one attached hydrogen (secondary N) is 1. The number of allylic oxidation sites excluding steroid dienone is 1. The molecule has 0 aromatic rings. The van der Waals surface area contributed by atoms with Gasteiger partial charge in [-0.15, -0.1) is 0 Å². The summed E-state index contributed by atoms with van der Waals surface area (Å²) < 4.78 is 0. The first kappa shape index (κ1) is 11.0. The number of likely N-dealkylation sites (N-methyl/N-ethyl adjacent to an activating group) is 1. The Morgan fingerprint density at radius 2 is 2.21 bits per heavy atom. The van der Waals surface area contributed by atoms with Crippen molar-refractivity contribution in [2.45, 2.75) is 32.7 Å². The standard InChI is InChI=1S/C11H18N2O/c1-4-8-6-7-10(11(14)12-3)13-9(8)5-2/h6-8,10H,4-5H2,1-3H3,(H,12,14). The van der Waals surface area contributed by atoms with E-state index in [0.29, 0.717) is 5.92 Å². The highest BCUT2D eigenvalue weighted by Gasteiger charge is 2.20. The van der Waals surface area contributed by atoms with Crippen LogP contribution in [0.1, 0.15) is 26.7 Å². The highest BCUT2D eigenvalue weighted by Crippen LogP contribution is 2.17. The second-order valence-electron chi connectivity index (χ2n) is 3.43. The average Bonchev–Trinajstić information content (AvgIpc) is 2.26. The summed E-state index contributed by atoms with van der Waals surface area (Å²) in [5, 5.41) is 2.61. The van der Waals surface area contributed by atoms with E-state index in [1.807, 2.05) is 6.08 Å².